The third kappa shape index (κ3) is 3.20. The maximum atomic E-state index is 13.1. The highest BCUT2D eigenvalue weighted by molar-refractivity contribution is 7.09. The van der Waals surface area contributed by atoms with E-state index in [1.54, 1.807) is 33.3 Å². The third-order valence-corrected chi connectivity index (χ3v) is 6.52. The second kappa shape index (κ2) is 7.39. The molecular formula is C21H23N3O3S. The number of anilines is 1. The average Bonchev–Trinajstić information content (AvgIpc) is 3.30. The molecule has 7 heteroatoms. The van der Waals surface area contributed by atoms with Crippen LogP contribution in [0, 0.1) is 0 Å². The number of carbonyl (C=O) groups is 3. The SMILES string of the molecule is C[C@]12CCC(=O)N1c1ccccc1C(=O)N2CCC(=O)NCCc1cccs1. The number of thiophene rings is 1. The molecule has 1 aromatic heterocycles. The summed E-state index contributed by atoms with van der Waals surface area (Å²) in [5.74, 6) is -0.175. The third-order valence-electron chi connectivity index (χ3n) is 5.58. The Morgan fingerprint density at radius 3 is 2.82 bits per heavy atom. The molecule has 3 amide bonds. The van der Waals surface area contributed by atoms with E-state index in [0.29, 0.717) is 30.6 Å². The number of para-hydroxylation sites is 1. The van der Waals surface area contributed by atoms with Gasteiger partial charge in [0, 0.05) is 30.8 Å². The molecule has 3 heterocycles. The van der Waals surface area contributed by atoms with Crippen molar-refractivity contribution in [2.24, 2.45) is 0 Å². The van der Waals surface area contributed by atoms with Crippen LogP contribution in [0.25, 0.3) is 0 Å². The summed E-state index contributed by atoms with van der Waals surface area (Å²) in [5, 5.41) is 4.94. The minimum atomic E-state index is -0.709. The van der Waals surface area contributed by atoms with Crippen LogP contribution in [0.3, 0.4) is 0 Å². The van der Waals surface area contributed by atoms with Crippen molar-refractivity contribution < 1.29 is 14.4 Å². The molecule has 1 atom stereocenters. The van der Waals surface area contributed by atoms with Crippen LogP contribution in [0.4, 0.5) is 5.69 Å². The zero-order valence-corrected chi connectivity index (χ0v) is 16.6. The fourth-order valence-corrected chi connectivity index (χ4v) is 4.83. The number of benzene rings is 1. The van der Waals surface area contributed by atoms with Crippen molar-refractivity contribution in [1.82, 2.24) is 10.2 Å². The van der Waals surface area contributed by atoms with E-state index < -0.39 is 5.66 Å². The summed E-state index contributed by atoms with van der Waals surface area (Å²) in [6.07, 6.45) is 2.00. The van der Waals surface area contributed by atoms with Gasteiger partial charge in [0.2, 0.25) is 11.8 Å². The highest BCUT2D eigenvalue weighted by Crippen LogP contribution is 2.43. The van der Waals surface area contributed by atoms with Crippen molar-refractivity contribution in [3.05, 3.63) is 52.2 Å². The lowest BCUT2D eigenvalue weighted by atomic mass is 9.98. The number of hydrogen-bond donors (Lipinski definition) is 1. The van der Waals surface area contributed by atoms with Gasteiger partial charge in [-0.3, -0.25) is 19.3 Å². The predicted octanol–water partition coefficient (Wildman–Crippen LogP) is 2.80. The van der Waals surface area contributed by atoms with Gasteiger partial charge < -0.3 is 10.2 Å². The lowest BCUT2D eigenvalue weighted by Crippen LogP contribution is -2.62. The Morgan fingerprint density at radius 2 is 2.04 bits per heavy atom. The van der Waals surface area contributed by atoms with Crippen LogP contribution in [0.2, 0.25) is 0 Å². The number of amides is 3. The van der Waals surface area contributed by atoms with Crippen LogP contribution in [0.1, 0.15) is 41.4 Å². The minimum absolute atomic E-state index is 0.0212. The van der Waals surface area contributed by atoms with Gasteiger partial charge in [0.25, 0.3) is 5.91 Å². The van der Waals surface area contributed by atoms with E-state index in [1.165, 1.54) is 4.88 Å². The van der Waals surface area contributed by atoms with Crippen molar-refractivity contribution in [2.75, 3.05) is 18.0 Å². The molecule has 0 bridgehead atoms. The predicted molar refractivity (Wildman–Crippen MR) is 108 cm³/mol. The molecular weight excluding hydrogens is 374 g/mol. The van der Waals surface area contributed by atoms with Crippen LogP contribution in [0.15, 0.2) is 41.8 Å². The molecule has 0 spiro atoms. The first-order chi connectivity index (χ1) is 13.5. The Morgan fingerprint density at radius 1 is 1.21 bits per heavy atom. The van der Waals surface area contributed by atoms with E-state index in [4.69, 9.17) is 0 Å². The van der Waals surface area contributed by atoms with Gasteiger partial charge in [-0.1, -0.05) is 18.2 Å². The summed E-state index contributed by atoms with van der Waals surface area (Å²) in [4.78, 5) is 42.6. The maximum absolute atomic E-state index is 13.1. The molecule has 2 aliphatic heterocycles. The molecule has 0 saturated carbocycles. The van der Waals surface area contributed by atoms with Crippen molar-refractivity contribution in [3.63, 3.8) is 0 Å². The normalized spacial score (nSPS) is 20.9. The van der Waals surface area contributed by atoms with E-state index in [9.17, 15) is 14.4 Å². The molecule has 0 radical (unpaired) electrons. The van der Waals surface area contributed by atoms with Crippen LogP contribution in [-0.4, -0.2) is 41.4 Å². The zero-order valence-electron chi connectivity index (χ0n) is 15.8. The average molecular weight is 398 g/mol. The zero-order chi connectivity index (χ0) is 19.7. The Labute approximate surface area is 168 Å². The number of hydrogen-bond acceptors (Lipinski definition) is 4. The van der Waals surface area contributed by atoms with E-state index in [0.717, 1.165) is 6.42 Å². The van der Waals surface area contributed by atoms with Crippen LogP contribution in [-0.2, 0) is 16.0 Å². The van der Waals surface area contributed by atoms with Crippen LogP contribution >= 0.6 is 11.3 Å². The smallest absolute Gasteiger partial charge is 0.257 e. The number of rotatable bonds is 6. The minimum Gasteiger partial charge on any atom is -0.356 e. The highest BCUT2D eigenvalue weighted by Gasteiger charge is 2.52. The first-order valence-corrected chi connectivity index (χ1v) is 10.4. The second-order valence-electron chi connectivity index (χ2n) is 7.35. The van der Waals surface area contributed by atoms with Crippen molar-refractivity contribution >= 4 is 34.7 Å². The number of nitrogens with zero attached hydrogens (tertiary/aromatic N) is 2. The molecule has 1 fully saturated rings. The van der Waals surface area contributed by atoms with E-state index >= 15 is 0 Å². The summed E-state index contributed by atoms with van der Waals surface area (Å²) in [6.45, 7) is 2.79. The molecule has 28 heavy (non-hydrogen) atoms. The van der Waals surface area contributed by atoms with Crippen molar-refractivity contribution in [3.8, 4) is 0 Å². The summed E-state index contributed by atoms with van der Waals surface area (Å²) in [6, 6.07) is 11.3. The second-order valence-corrected chi connectivity index (χ2v) is 8.38. The first-order valence-electron chi connectivity index (χ1n) is 9.54. The molecule has 1 saturated heterocycles. The highest BCUT2D eigenvalue weighted by atomic mass is 32.1. The van der Waals surface area contributed by atoms with E-state index in [1.807, 2.05) is 36.6 Å². The van der Waals surface area contributed by atoms with Gasteiger partial charge in [-0.2, -0.15) is 0 Å². The van der Waals surface area contributed by atoms with Gasteiger partial charge in [-0.05, 0) is 43.3 Å². The molecule has 0 aliphatic carbocycles. The molecule has 6 nitrogen and oxygen atoms in total. The van der Waals surface area contributed by atoms with E-state index in [2.05, 4.69) is 5.32 Å². The van der Waals surface area contributed by atoms with Gasteiger partial charge in [-0.15, -0.1) is 11.3 Å². The Kier molecular flexibility index (Phi) is 4.93. The molecule has 0 unspecified atom stereocenters. The maximum Gasteiger partial charge on any atom is 0.257 e. The number of carbonyl (C=O) groups excluding carboxylic acids is 3. The Hall–Kier alpha value is -2.67. The molecule has 146 valence electrons. The molecule has 2 aromatic rings. The molecule has 4 rings (SSSR count). The van der Waals surface area contributed by atoms with Gasteiger partial charge in [0.05, 0.1) is 11.3 Å². The monoisotopic (exact) mass is 397 g/mol. The fraction of sp³-hybridized carbons (Fsp3) is 0.381. The van der Waals surface area contributed by atoms with Gasteiger partial charge in [-0.25, -0.2) is 0 Å². The fourth-order valence-electron chi connectivity index (χ4n) is 4.12. The van der Waals surface area contributed by atoms with Gasteiger partial charge in [0.15, 0.2) is 0 Å². The summed E-state index contributed by atoms with van der Waals surface area (Å²) < 4.78 is 0. The Balaban J connectivity index is 1.44. The standard InChI is InChI=1S/C21H23N3O3S/c1-21-11-8-19(26)24(21)17-7-3-2-6-16(17)20(27)23(21)13-10-18(25)22-12-9-15-5-4-14-28-15/h2-7,14H,8-13H2,1H3,(H,22,25)/t21-/m1/s1. The molecule has 1 N–H and O–H groups in total. The number of nitrogens with one attached hydrogen (secondary N) is 1. The summed E-state index contributed by atoms with van der Waals surface area (Å²) in [5.41, 5.74) is 0.488. The lowest BCUT2D eigenvalue weighted by Gasteiger charge is -2.48. The first kappa shape index (κ1) is 18.7. The Bertz CT molecular complexity index is 911. The quantitative estimate of drug-likeness (QED) is 0.815. The largest absolute Gasteiger partial charge is 0.356 e. The van der Waals surface area contributed by atoms with Crippen molar-refractivity contribution in [2.45, 2.75) is 38.3 Å². The molecule has 1 aromatic carbocycles. The van der Waals surface area contributed by atoms with Crippen molar-refractivity contribution in [1.29, 1.82) is 0 Å². The lowest BCUT2D eigenvalue weighted by molar-refractivity contribution is -0.121. The van der Waals surface area contributed by atoms with Gasteiger partial charge in [0.1, 0.15) is 5.66 Å². The van der Waals surface area contributed by atoms with E-state index in [-0.39, 0.29) is 30.7 Å². The number of fused-ring (bicyclic) bond motifs is 3. The van der Waals surface area contributed by atoms with Gasteiger partial charge >= 0.3 is 0 Å². The molecule has 2 aliphatic rings. The topological polar surface area (TPSA) is 69.7 Å². The summed E-state index contributed by atoms with van der Waals surface area (Å²) in [7, 11) is 0. The summed E-state index contributed by atoms with van der Waals surface area (Å²) >= 11 is 1.67. The van der Waals surface area contributed by atoms with Crippen LogP contribution < -0.4 is 10.2 Å². The van der Waals surface area contributed by atoms with Crippen LogP contribution in [0.5, 0.6) is 0 Å².